The summed E-state index contributed by atoms with van der Waals surface area (Å²) in [5, 5.41) is 6.62. The lowest BCUT2D eigenvalue weighted by Gasteiger charge is -2.31. The molecule has 2 aromatic rings. The van der Waals surface area contributed by atoms with Gasteiger partial charge in [0.1, 0.15) is 10.8 Å². The Kier molecular flexibility index (Phi) is 4.32. The quantitative estimate of drug-likeness (QED) is 0.901. The predicted molar refractivity (Wildman–Crippen MR) is 77.8 cm³/mol. The van der Waals surface area contributed by atoms with E-state index in [0.717, 1.165) is 17.0 Å². The Hall–Kier alpha value is -1.26. The second-order valence-electron chi connectivity index (χ2n) is 5.27. The van der Waals surface area contributed by atoms with Gasteiger partial charge in [-0.1, -0.05) is 12.1 Å². The molecule has 2 nitrogen and oxygen atoms in total. The Bertz CT molecular complexity index is 507. The molecule has 0 spiro atoms. The molecule has 1 aromatic heterocycles. The van der Waals surface area contributed by atoms with E-state index in [9.17, 15) is 4.39 Å². The summed E-state index contributed by atoms with van der Waals surface area (Å²) >= 11 is 1.65. The van der Waals surface area contributed by atoms with Gasteiger partial charge >= 0.3 is 0 Å². The van der Waals surface area contributed by atoms with Gasteiger partial charge in [0.25, 0.3) is 0 Å². The van der Waals surface area contributed by atoms with Gasteiger partial charge in [0.15, 0.2) is 0 Å². The molecule has 0 aliphatic carbocycles. The van der Waals surface area contributed by atoms with Crippen molar-refractivity contribution in [2.24, 2.45) is 0 Å². The van der Waals surface area contributed by atoms with Crippen molar-refractivity contribution in [3.8, 4) is 0 Å². The molecule has 0 saturated heterocycles. The Balaban J connectivity index is 2.25. The minimum Gasteiger partial charge on any atom is -0.303 e. The maximum atomic E-state index is 13.0. The van der Waals surface area contributed by atoms with E-state index in [1.165, 1.54) is 12.1 Å². The summed E-state index contributed by atoms with van der Waals surface area (Å²) in [6.07, 6.45) is 2.61. The van der Waals surface area contributed by atoms with Crippen molar-refractivity contribution in [2.75, 3.05) is 0 Å². The van der Waals surface area contributed by atoms with Crippen molar-refractivity contribution in [1.29, 1.82) is 0 Å². The van der Waals surface area contributed by atoms with Crippen molar-refractivity contribution in [3.05, 3.63) is 52.2 Å². The van der Waals surface area contributed by atoms with Gasteiger partial charge in [-0.15, -0.1) is 11.3 Å². The van der Waals surface area contributed by atoms with Crippen LogP contribution in [0.15, 0.2) is 35.8 Å². The molecule has 0 saturated carbocycles. The van der Waals surface area contributed by atoms with Crippen molar-refractivity contribution >= 4 is 11.3 Å². The van der Waals surface area contributed by atoms with Crippen LogP contribution in [-0.2, 0) is 12.0 Å². The predicted octanol–water partition coefficient (Wildman–Crippen LogP) is 3.74. The summed E-state index contributed by atoms with van der Waals surface area (Å²) in [4.78, 5) is 4.44. The smallest absolute Gasteiger partial charge is 0.123 e. The number of aromatic nitrogens is 1. The molecule has 1 unspecified atom stereocenters. The molecule has 0 radical (unpaired) electrons. The number of hydrogen-bond acceptors (Lipinski definition) is 3. The van der Waals surface area contributed by atoms with E-state index in [-0.39, 0.29) is 11.4 Å². The van der Waals surface area contributed by atoms with Crippen molar-refractivity contribution in [2.45, 2.75) is 38.8 Å². The lowest BCUT2D eigenvalue weighted by atomic mass is 9.92. The summed E-state index contributed by atoms with van der Waals surface area (Å²) in [6.45, 7) is 6.39. The van der Waals surface area contributed by atoms with Crippen molar-refractivity contribution in [3.63, 3.8) is 0 Å². The average Bonchev–Trinajstić information content (AvgIpc) is 2.85. The molecular formula is C15H19FN2S. The Labute approximate surface area is 117 Å². The number of hydrogen-bond donors (Lipinski definition) is 1. The van der Waals surface area contributed by atoms with Crippen LogP contribution >= 0.6 is 11.3 Å². The molecular weight excluding hydrogens is 259 g/mol. The zero-order valence-electron chi connectivity index (χ0n) is 11.5. The van der Waals surface area contributed by atoms with Crippen LogP contribution in [0.1, 0.15) is 31.3 Å². The lowest BCUT2D eigenvalue weighted by molar-refractivity contribution is 0.330. The number of nitrogens with one attached hydrogen (secondary N) is 1. The van der Waals surface area contributed by atoms with Crippen molar-refractivity contribution in [1.82, 2.24) is 10.3 Å². The van der Waals surface area contributed by atoms with Crippen molar-refractivity contribution < 1.29 is 4.39 Å². The monoisotopic (exact) mass is 278 g/mol. The first-order chi connectivity index (χ1) is 8.99. The topological polar surface area (TPSA) is 24.9 Å². The summed E-state index contributed by atoms with van der Waals surface area (Å²) < 4.78 is 13.0. The molecule has 0 aliphatic rings. The van der Waals surface area contributed by atoms with Gasteiger partial charge in [-0.3, -0.25) is 0 Å². The van der Waals surface area contributed by atoms with E-state index in [1.54, 1.807) is 11.3 Å². The number of rotatable bonds is 5. The van der Waals surface area contributed by atoms with Gasteiger partial charge in [-0.05, 0) is 44.9 Å². The summed E-state index contributed by atoms with van der Waals surface area (Å²) in [5.74, 6) is -0.198. The molecule has 0 bridgehead atoms. The van der Waals surface area contributed by atoms with E-state index >= 15 is 0 Å². The third-order valence-corrected chi connectivity index (χ3v) is 4.02. The van der Waals surface area contributed by atoms with Crippen LogP contribution in [0.3, 0.4) is 0 Å². The molecule has 0 aliphatic heterocycles. The fourth-order valence-electron chi connectivity index (χ4n) is 2.33. The molecule has 1 aromatic carbocycles. The number of thiazole rings is 1. The van der Waals surface area contributed by atoms with E-state index in [1.807, 2.05) is 23.7 Å². The minimum absolute atomic E-state index is 0.198. The minimum atomic E-state index is -0.222. The summed E-state index contributed by atoms with van der Waals surface area (Å²) in [7, 11) is 0. The van der Waals surface area contributed by atoms with E-state index in [2.05, 4.69) is 31.1 Å². The molecule has 19 heavy (non-hydrogen) atoms. The van der Waals surface area contributed by atoms with Crippen LogP contribution in [0, 0.1) is 5.82 Å². The van der Waals surface area contributed by atoms with Gasteiger partial charge in [0, 0.05) is 17.6 Å². The normalized spacial score (nSPS) is 14.6. The van der Waals surface area contributed by atoms with Gasteiger partial charge in [-0.2, -0.15) is 0 Å². The van der Waals surface area contributed by atoms with Crippen LogP contribution in [-0.4, -0.2) is 11.0 Å². The first kappa shape index (κ1) is 14.2. The highest BCUT2D eigenvalue weighted by molar-refractivity contribution is 7.09. The summed E-state index contributed by atoms with van der Waals surface area (Å²) in [6, 6.07) is 7.04. The highest BCUT2D eigenvalue weighted by Gasteiger charge is 2.30. The first-order valence-corrected chi connectivity index (χ1v) is 7.30. The fourth-order valence-corrected chi connectivity index (χ4v) is 3.10. The second-order valence-corrected chi connectivity index (χ2v) is 6.17. The van der Waals surface area contributed by atoms with Gasteiger partial charge in [0.2, 0.25) is 0 Å². The second kappa shape index (κ2) is 5.80. The standard InChI is InChI=1S/C15H19FN2S/c1-11(2)18-15(3,14-17-8-9-19-14)10-12-4-6-13(16)7-5-12/h4-9,11,18H,10H2,1-3H3. The highest BCUT2D eigenvalue weighted by Crippen LogP contribution is 2.28. The number of halogens is 1. The molecule has 1 atom stereocenters. The molecule has 1 heterocycles. The molecule has 4 heteroatoms. The summed E-state index contributed by atoms with van der Waals surface area (Å²) in [5.41, 5.74) is 0.882. The van der Waals surface area contributed by atoms with Crippen LogP contribution in [0.5, 0.6) is 0 Å². The van der Waals surface area contributed by atoms with Crippen LogP contribution in [0.25, 0.3) is 0 Å². The Morgan fingerprint density at radius 2 is 2.00 bits per heavy atom. The van der Waals surface area contributed by atoms with Gasteiger partial charge in [-0.25, -0.2) is 9.37 Å². The lowest BCUT2D eigenvalue weighted by Crippen LogP contribution is -2.45. The molecule has 2 rings (SSSR count). The average molecular weight is 278 g/mol. The SMILES string of the molecule is CC(C)NC(C)(Cc1ccc(F)cc1)c1nccs1. The number of nitrogens with zero attached hydrogens (tertiary/aromatic N) is 1. The zero-order chi connectivity index (χ0) is 13.9. The fraction of sp³-hybridized carbons (Fsp3) is 0.400. The first-order valence-electron chi connectivity index (χ1n) is 6.42. The number of benzene rings is 1. The van der Waals surface area contributed by atoms with Crippen LogP contribution in [0.4, 0.5) is 4.39 Å². The largest absolute Gasteiger partial charge is 0.303 e. The third-order valence-electron chi connectivity index (χ3n) is 2.98. The molecule has 102 valence electrons. The highest BCUT2D eigenvalue weighted by atomic mass is 32.1. The van der Waals surface area contributed by atoms with Crippen LogP contribution < -0.4 is 5.32 Å². The Morgan fingerprint density at radius 1 is 1.32 bits per heavy atom. The van der Waals surface area contributed by atoms with E-state index in [0.29, 0.717) is 6.04 Å². The Morgan fingerprint density at radius 3 is 2.53 bits per heavy atom. The third kappa shape index (κ3) is 3.61. The zero-order valence-corrected chi connectivity index (χ0v) is 12.3. The maximum absolute atomic E-state index is 13.0. The molecule has 0 fully saturated rings. The van der Waals surface area contributed by atoms with E-state index < -0.39 is 0 Å². The van der Waals surface area contributed by atoms with Crippen LogP contribution in [0.2, 0.25) is 0 Å². The van der Waals surface area contributed by atoms with Gasteiger partial charge < -0.3 is 5.32 Å². The maximum Gasteiger partial charge on any atom is 0.123 e. The van der Waals surface area contributed by atoms with E-state index in [4.69, 9.17) is 0 Å². The molecule has 1 N–H and O–H groups in total. The molecule has 0 amide bonds. The van der Waals surface area contributed by atoms with Gasteiger partial charge in [0.05, 0.1) is 5.54 Å².